The first kappa shape index (κ1) is 17.5. The number of carbonyl (C=O) groups is 2. The van der Waals surface area contributed by atoms with Crippen LogP contribution in [0, 0.1) is 5.92 Å². The van der Waals surface area contributed by atoms with Crippen LogP contribution < -0.4 is 11.1 Å². The number of anilines is 1. The van der Waals surface area contributed by atoms with Gasteiger partial charge in [-0.1, -0.05) is 32.0 Å². The van der Waals surface area contributed by atoms with Crippen LogP contribution in [-0.2, 0) is 22.4 Å². The molecule has 1 aliphatic rings. The Morgan fingerprint density at radius 1 is 1.26 bits per heavy atom. The number of nitrogens with one attached hydrogen (secondary N) is 1. The summed E-state index contributed by atoms with van der Waals surface area (Å²) < 4.78 is 0. The minimum absolute atomic E-state index is 0.0225. The molecule has 23 heavy (non-hydrogen) atoms. The van der Waals surface area contributed by atoms with Crippen molar-refractivity contribution in [2.24, 2.45) is 11.7 Å². The first-order chi connectivity index (χ1) is 11.0. The van der Waals surface area contributed by atoms with Gasteiger partial charge in [-0.15, -0.1) is 0 Å². The number of hydrogen-bond donors (Lipinski definition) is 2. The molecule has 1 aromatic rings. The highest BCUT2D eigenvalue weighted by Gasteiger charge is 2.25. The Hall–Kier alpha value is -1.88. The fourth-order valence-corrected chi connectivity index (χ4v) is 3.22. The lowest BCUT2D eigenvalue weighted by Crippen LogP contribution is -2.44. The average molecular weight is 317 g/mol. The van der Waals surface area contributed by atoms with Gasteiger partial charge in [0.2, 0.25) is 11.8 Å². The molecule has 0 aromatic heterocycles. The standard InChI is InChI=1S/C18H27N3O2/c1-3-13-7-5-8-14(4-2)17(13)20-16(22)12-21-10-6-9-15(11-21)18(19)23/h5,7-8,15H,3-4,6,9-12H2,1-2H3,(H2,19,23)(H,20,22)/t15-/m1/s1. The van der Waals surface area contributed by atoms with Crippen molar-refractivity contribution in [3.05, 3.63) is 29.3 Å². The summed E-state index contributed by atoms with van der Waals surface area (Å²) in [5, 5.41) is 3.08. The lowest BCUT2D eigenvalue weighted by Gasteiger charge is -2.30. The van der Waals surface area contributed by atoms with Gasteiger partial charge in [-0.3, -0.25) is 14.5 Å². The molecule has 0 saturated carbocycles. The number of likely N-dealkylation sites (tertiary alicyclic amines) is 1. The van der Waals surface area contributed by atoms with Crippen LogP contribution in [0.25, 0.3) is 0 Å². The number of para-hydroxylation sites is 1. The molecule has 1 heterocycles. The molecular formula is C18H27N3O2. The Kier molecular flexibility index (Phi) is 6.16. The third-order valence-corrected chi connectivity index (χ3v) is 4.54. The summed E-state index contributed by atoms with van der Waals surface area (Å²) in [6.45, 7) is 5.91. The first-order valence-corrected chi connectivity index (χ1v) is 8.47. The molecule has 1 fully saturated rings. The molecule has 5 nitrogen and oxygen atoms in total. The third-order valence-electron chi connectivity index (χ3n) is 4.54. The van der Waals surface area contributed by atoms with Crippen molar-refractivity contribution in [1.82, 2.24) is 4.90 Å². The van der Waals surface area contributed by atoms with Crippen LogP contribution in [0.15, 0.2) is 18.2 Å². The minimum atomic E-state index is -0.264. The highest BCUT2D eigenvalue weighted by atomic mass is 16.2. The largest absolute Gasteiger partial charge is 0.369 e. The van der Waals surface area contributed by atoms with Gasteiger partial charge < -0.3 is 11.1 Å². The number of nitrogens with two attached hydrogens (primary N) is 1. The van der Waals surface area contributed by atoms with E-state index in [0.717, 1.165) is 49.0 Å². The van der Waals surface area contributed by atoms with Crippen molar-refractivity contribution < 1.29 is 9.59 Å². The number of amides is 2. The first-order valence-electron chi connectivity index (χ1n) is 8.47. The summed E-state index contributed by atoms with van der Waals surface area (Å²) in [5.41, 5.74) is 8.66. The Bertz CT molecular complexity index is 549. The van der Waals surface area contributed by atoms with E-state index in [2.05, 4.69) is 31.3 Å². The molecule has 5 heteroatoms. The fourth-order valence-electron chi connectivity index (χ4n) is 3.22. The van der Waals surface area contributed by atoms with Gasteiger partial charge in [0, 0.05) is 12.2 Å². The van der Waals surface area contributed by atoms with E-state index in [1.807, 2.05) is 11.0 Å². The minimum Gasteiger partial charge on any atom is -0.369 e. The molecular weight excluding hydrogens is 290 g/mol. The van der Waals surface area contributed by atoms with E-state index in [4.69, 9.17) is 5.73 Å². The van der Waals surface area contributed by atoms with Crippen LogP contribution >= 0.6 is 0 Å². The second-order valence-corrected chi connectivity index (χ2v) is 6.18. The second-order valence-electron chi connectivity index (χ2n) is 6.18. The molecule has 0 aliphatic carbocycles. The molecule has 0 bridgehead atoms. The van der Waals surface area contributed by atoms with E-state index in [0.29, 0.717) is 13.1 Å². The number of hydrogen-bond acceptors (Lipinski definition) is 3. The molecule has 1 aromatic carbocycles. The maximum Gasteiger partial charge on any atom is 0.238 e. The van der Waals surface area contributed by atoms with Crippen LogP contribution in [0.4, 0.5) is 5.69 Å². The van der Waals surface area contributed by atoms with Gasteiger partial charge in [0.25, 0.3) is 0 Å². The van der Waals surface area contributed by atoms with Gasteiger partial charge in [0.1, 0.15) is 0 Å². The Labute approximate surface area is 138 Å². The number of carbonyl (C=O) groups excluding carboxylic acids is 2. The SMILES string of the molecule is CCc1cccc(CC)c1NC(=O)CN1CCC[C@@H](C(N)=O)C1. The van der Waals surface area contributed by atoms with Crippen LogP contribution in [0.2, 0.25) is 0 Å². The zero-order valence-electron chi connectivity index (χ0n) is 14.1. The lowest BCUT2D eigenvalue weighted by atomic mass is 9.97. The van der Waals surface area contributed by atoms with Gasteiger partial charge in [-0.25, -0.2) is 0 Å². The smallest absolute Gasteiger partial charge is 0.238 e. The van der Waals surface area contributed by atoms with Crippen molar-refractivity contribution in [2.45, 2.75) is 39.5 Å². The quantitative estimate of drug-likeness (QED) is 0.842. The van der Waals surface area contributed by atoms with E-state index in [1.54, 1.807) is 0 Å². The molecule has 126 valence electrons. The van der Waals surface area contributed by atoms with Crippen molar-refractivity contribution in [3.63, 3.8) is 0 Å². The van der Waals surface area contributed by atoms with Crippen LogP contribution in [0.3, 0.4) is 0 Å². The summed E-state index contributed by atoms with van der Waals surface area (Å²) >= 11 is 0. The van der Waals surface area contributed by atoms with Crippen molar-refractivity contribution >= 4 is 17.5 Å². The average Bonchev–Trinajstić information content (AvgIpc) is 2.55. The summed E-state index contributed by atoms with van der Waals surface area (Å²) in [4.78, 5) is 25.8. The number of nitrogens with zero attached hydrogens (tertiary/aromatic N) is 1. The van der Waals surface area contributed by atoms with E-state index in [9.17, 15) is 9.59 Å². The Morgan fingerprint density at radius 3 is 2.48 bits per heavy atom. The summed E-state index contributed by atoms with van der Waals surface area (Å²) in [6.07, 6.45) is 3.51. The Balaban J connectivity index is 2.01. The van der Waals surface area contributed by atoms with E-state index >= 15 is 0 Å². The molecule has 2 rings (SSSR count). The van der Waals surface area contributed by atoms with E-state index in [1.165, 1.54) is 0 Å². The lowest BCUT2D eigenvalue weighted by molar-refractivity contribution is -0.125. The number of benzene rings is 1. The number of piperidine rings is 1. The van der Waals surface area contributed by atoms with E-state index < -0.39 is 0 Å². The van der Waals surface area contributed by atoms with Crippen LogP contribution in [0.5, 0.6) is 0 Å². The van der Waals surface area contributed by atoms with Crippen molar-refractivity contribution in [3.8, 4) is 0 Å². The van der Waals surface area contributed by atoms with Crippen molar-refractivity contribution in [2.75, 3.05) is 25.0 Å². The fraction of sp³-hybridized carbons (Fsp3) is 0.556. The second kappa shape index (κ2) is 8.11. The molecule has 1 atom stereocenters. The Morgan fingerprint density at radius 2 is 1.91 bits per heavy atom. The maximum absolute atomic E-state index is 12.4. The molecule has 1 aliphatic heterocycles. The van der Waals surface area contributed by atoms with Crippen molar-refractivity contribution in [1.29, 1.82) is 0 Å². The molecule has 2 amide bonds. The zero-order chi connectivity index (χ0) is 16.8. The third kappa shape index (κ3) is 4.55. The van der Waals surface area contributed by atoms with Gasteiger partial charge in [0.15, 0.2) is 0 Å². The predicted octanol–water partition coefficient (Wildman–Crippen LogP) is 1.95. The van der Waals surface area contributed by atoms with Gasteiger partial charge in [0.05, 0.1) is 12.5 Å². The van der Waals surface area contributed by atoms with Gasteiger partial charge >= 0.3 is 0 Å². The molecule has 0 radical (unpaired) electrons. The summed E-state index contributed by atoms with van der Waals surface area (Å²) in [7, 11) is 0. The highest BCUT2D eigenvalue weighted by Crippen LogP contribution is 2.23. The molecule has 1 saturated heterocycles. The monoisotopic (exact) mass is 317 g/mol. The van der Waals surface area contributed by atoms with E-state index in [-0.39, 0.29) is 17.7 Å². The number of primary amides is 1. The molecule has 3 N–H and O–H groups in total. The topological polar surface area (TPSA) is 75.4 Å². The predicted molar refractivity (Wildman–Crippen MR) is 92.2 cm³/mol. The highest BCUT2D eigenvalue weighted by molar-refractivity contribution is 5.94. The zero-order valence-corrected chi connectivity index (χ0v) is 14.1. The molecule has 0 spiro atoms. The summed E-state index contributed by atoms with van der Waals surface area (Å²) in [5.74, 6) is -0.420. The van der Waals surface area contributed by atoms with Crippen LogP contribution in [0.1, 0.15) is 37.8 Å². The maximum atomic E-state index is 12.4. The van der Waals surface area contributed by atoms with Gasteiger partial charge in [-0.05, 0) is 43.4 Å². The normalized spacial score (nSPS) is 18.6. The van der Waals surface area contributed by atoms with Gasteiger partial charge in [-0.2, -0.15) is 0 Å². The number of aryl methyl sites for hydroxylation is 2. The number of rotatable bonds is 6. The van der Waals surface area contributed by atoms with Crippen LogP contribution in [-0.4, -0.2) is 36.3 Å². The molecule has 0 unspecified atom stereocenters. The summed E-state index contributed by atoms with van der Waals surface area (Å²) in [6, 6.07) is 6.15.